The molecule has 3 aromatic rings. The van der Waals surface area contributed by atoms with Crippen LogP contribution in [0.4, 0.5) is 0 Å². The second-order valence-electron chi connectivity index (χ2n) is 8.13. The number of carbonyl (C=O) groups is 2. The standard InChI is InChI=1S/C25H26N2O4/c1-16-6-5-7-17(2)27(16)24(29)15-31-25(30)21-14-23(18-10-12-19(28)13-11-18)26-22-9-4-3-8-20(21)22/h3-4,8-14,16-17,28H,5-7,15H2,1-2H3/t16-,17-/m0/s1. The predicted octanol–water partition coefficient (Wildman–Crippen LogP) is 4.55. The quantitative estimate of drug-likeness (QED) is 0.629. The number of carbonyl (C=O) groups excluding carboxylic acids is 2. The van der Waals surface area contributed by atoms with Gasteiger partial charge >= 0.3 is 5.97 Å². The fourth-order valence-electron chi connectivity index (χ4n) is 4.32. The molecule has 31 heavy (non-hydrogen) atoms. The van der Waals surface area contributed by atoms with Crippen molar-refractivity contribution in [1.29, 1.82) is 0 Å². The molecular formula is C25H26N2O4. The van der Waals surface area contributed by atoms with Crippen LogP contribution >= 0.6 is 0 Å². The third kappa shape index (κ3) is 4.38. The summed E-state index contributed by atoms with van der Waals surface area (Å²) in [5.41, 5.74) is 2.38. The average Bonchev–Trinajstić information content (AvgIpc) is 2.77. The Labute approximate surface area is 181 Å². The summed E-state index contributed by atoms with van der Waals surface area (Å²) < 4.78 is 5.46. The molecule has 1 aromatic heterocycles. The van der Waals surface area contributed by atoms with Crippen molar-refractivity contribution in [3.8, 4) is 17.0 Å². The van der Waals surface area contributed by atoms with Gasteiger partial charge in [-0.1, -0.05) is 18.2 Å². The summed E-state index contributed by atoms with van der Waals surface area (Å²) in [6.07, 6.45) is 3.04. The molecule has 0 radical (unpaired) electrons. The minimum absolute atomic E-state index is 0.151. The fourth-order valence-corrected chi connectivity index (χ4v) is 4.32. The fraction of sp³-hybridized carbons (Fsp3) is 0.320. The molecule has 0 aliphatic carbocycles. The van der Waals surface area contributed by atoms with E-state index in [9.17, 15) is 14.7 Å². The molecule has 2 aromatic carbocycles. The van der Waals surface area contributed by atoms with Crippen molar-refractivity contribution < 1.29 is 19.4 Å². The molecule has 0 unspecified atom stereocenters. The molecule has 6 nitrogen and oxygen atoms in total. The highest BCUT2D eigenvalue weighted by atomic mass is 16.5. The van der Waals surface area contributed by atoms with Crippen molar-refractivity contribution in [2.75, 3.05) is 6.61 Å². The maximum Gasteiger partial charge on any atom is 0.339 e. The first-order chi connectivity index (χ1) is 14.9. The Morgan fingerprint density at radius 1 is 1.06 bits per heavy atom. The van der Waals surface area contributed by atoms with Crippen molar-refractivity contribution in [3.63, 3.8) is 0 Å². The predicted molar refractivity (Wildman–Crippen MR) is 119 cm³/mol. The molecule has 160 valence electrons. The Morgan fingerprint density at radius 2 is 1.74 bits per heavy atom. The van der Waals surface area contributed by atoms with Crippen molar-refractivity contribution in [2.45, 2.75) is 45.2 Å². The van der Waals surface area contributed by atoms with E-state index in [1.54, 1.807) is 30.3 Å². The number of para-hydroxylation sites is 1. The van der Waals surface area contributed by atoms with Crippen LogP contribution in [0.2, 0.25) is 0 Å². The number of pyridine rings is 1. The topological polar surface area (TPSA) is 79.7 Å². The van der Waals surface area contributed by atoms with Crippen molar-refractivity contribution >= 4 is 22.8 Å². The Hall–Kier alpha value is -3.41. The molecule has 1 aliphatic rings. The van der Waals surface area contributed by atoms with Crippen molar-refractivity contribution in [1.82, 2.24) is 9.88 Å². The van der Waals surface area contributed by atoms with E-state index < -0.39 is 5.97 Å². The van der Waals surface area contributed by atoms with Gasteiger partial charge in [0.15, 0.2) is 6.61 Å². The summed E-state index contributed by atoms with van der Waals surface area (Å²) in [6.45, 7) is 3.80. The van der Waals surface area contributed by atoms with Crippen LogP contribution in [-0.2, 0) is 9.53 Å². The SMILES string of the molecule is C[C@H]1CCC[C@H](C)N1C(=O)COC(=O)c1cc(-c2ccc(O)cc2)nc2ccccc12. The smallest absolute Gasteiger partial charge is 0.339 e. The number of nitrogens with zero attached hydrogens (tertiary/aromatic N) is 2. The number of likely N-dealkylation sites (tertiary alicyclic amines) is 1. The molecule has 0 spiro atoms. The lowest BCUT2D eigenvalue weighted by Gasteiger charge is -2.38. The first-order valence-corrected chi connectivity index (χ1v) is 10.6. The zero-order valence-electron chi connectivity index (χ0n) is 17.7. The van der Waals surface area contributed by atoms with Crippen LogP contribution in [0.3, 0.4) is 0 Å². The molecule has 1 amide bonds. The zero-order valence-corrected chi connectivity index (χ0v) is 17.7. The summed E-state index contributed by atoms with van der Waals surface area (Å²) in [7, 11) is 0. The number of hydrogen-bond acceptors (Lipinski definition) is 5. The normalized spacial score (nSPS) is 18.7. The van der Waals surface area contributed by atoms with Crippen LogP contribution in [0.1, 0.15) is 43.5 Å². The molecule has 1 fully saturated rings. The molecule has 0 saturated carbocycles. The Morgan fingerprint density at radius 3 is 2.45 bits per heavy atom. The van der Waals surface area contributed by atoms with Gasteiger partial charge in [0, 0.05) is 23.0 Å². The number of piperidine rings is 1. The van der Waals surface area contributed by atoms with Gasteiger partial charge < -0.3 is 14.7 Å². The van der Waals surface area contributed by atoms with E-state index >= 15 is 0 Å². The number of phenolic OH excluding ortho intramolecular Hbond substituents is 1. The van der Waals surface area contributed by atoms with E-state index in [-0.39, 0.29) is 30.3 Å². The molecule has 4 rings (SSSR count). The molecule has 2 heterocycles. The van der Waals surface area contributed by atoms with Crippen LogP contribution in [0.5, 0.6) is 5.75 Å². The number of ether oxygens (including phenoxy) is 1. The average molecular weight is 418 g/mol. The molecule has 2 atom stereocenters. The number of phenols is 1. The third-order valence-corrected chi connectivity index (χ3v) is 5.91. The number of aromatic nitrogens is 1. The van der Waals surface area contributed by atoms with Crippen LogP contribution in [0.25, 0.3) is 22.2 Å². The van der Waals surface area contributed by atoms with E-state index in [2.05, 4.69) is 4.98 Å². The van der Waals surface area contributed by atoms with Gasteiger partial charge in [0.05, 0.1) is 16.8 Å². The van der Waals surface area contributed by atoms with Gasteiger partial charge in [-0.2, -0.15) is 0 Å². The van der Waals surface area contributed by atoms with Gasteiger partial charge in [-0.25, -0.2) is 9.78 Å². The highest BCUT2D eigenvalue weighted by molar-refractivity contribution is 6.05. The summed E-state index contributed by atoms with van der Waals surface area (Å²) >= 11 is 0. The molecular weight excluding hydrogens is 392 g/mol. The second kappa shape index (κ2) is 8.76. The summed E-state index contributed by atoms with van der Waals surface area (Å²) in [5, 5.41) is 10.2. The molecule has 1 N–H and O–H groups in total. The van der Waals surface area contributed by atoms with Gasteiger partial charge in [0.2, 0.25) is 0 Å². The summed E-state index contributed by atoms with van der Waals surface area (Å²) in [4.78, 5) is 32.2. The largest absolute Gasteiger partial charge is 0.508 e. The first kappa shape index (κ1) is 20.8. The number of rotatable bonds is 4. The minimum Gasteiger partial charge on any atom is -0.508 e. The number of esters is 1. The summed E-state index contributed by atoms with van der Waals surface area (Å²) in [5.74, 6) is -0.557. The second-order valence-corrected chi connectivity index (χ2v) is 8.13. The third-order valence-electron chi connectivity index (χ3n) is 5.91. The maximum atomic E-state index is 13.0. The van der Waals surface area contributed by atoms with E-state index in [4.69, 9.17) is 4.74 Å². The van der Waals surface area contributed by atoms with Crippen LogP contribution in [0, 0.1) is 0 Å². The number of fused-ring (bicyclic) bond motifs is 1. The molecule has 0 bridgehead atoms. The van der Waals surface area contributed by atoms with Crippen molar-refractivity contribution in [2.24, 2.45) is 0 Å². The van der Waals surface area contributed by atoms with E-state index in [1.807, 2.05) is 43.0 Å². The number of hydrogen-bond donors (Lipinski definition) is 1. The monoisotopic (exact) mass is 418 g/mol. The number of aromatic hydroxyl groups is 1. The minimum atomic E-state index is -0.552. The van der Waals surface area contributed by atoms with Crippen LogP contribution in [-0.4, -0.2) is 45.6 Å². The lowest BCUT2D eigenvalue weighted by molar-refractivity contribution is -0.140. The molecule has 1 saturated heterocycles. The van der Waals surface area contributed by atoms with Gasteiger partial charge in [-0.15, -0.1) is 0 Å². The molecule has 6 heteroatoms. The van der Waals surface area contributed by atoms with E-state index in [0.29, 0.717) is 22.2 Å². The van der Waals surface area contributed by atoms with Gasteiger partial charge in [-0.3, -0.25) is 4.79 Å². The highest BCUT2D eigenvalue weighted by Gasteiger charge is 2.29. The maximum absolute atomic E-state index is 13.0. The van der Waals surface area contributed by atoms with Gasteiger partial charge in [-0.05, 0) is 69.5 Å². The lowest BCUT2D eigenvalue weighted by Crippen LogP contribution is -2.49. The lowest BCUT2D eigenvalue weighted by atomic mass is 9.97. The van der Waals surface area contributed by atoms with E-state index in [0.717, 1.165) is 24.8 Å². The van der Waals surface area contributed by atoms with Crippen LogP contribution in [0.15, 0.2) is 54.6 Å². The molecule has 1 aliphatic heterocycles. The van der Waals surface area contributed by atoms with E-state index in [1.165, 1.54) is 0 Å². The Balaban J connectivity index is 1.59. The first-order valence-electron chi connectivity index (χ1n) is 10.6. The van der Waals surface area contributed by atoms with Crippen LogP contribution < -0.4 is 0 Å². The van der Waals surface area contributed by atoms with Crippen molar-refractivity contribution in [3.05, 3.63) is 60.2 Å². The van der Waals surface area contributed by atoms with Gasteiger partial charge in [0.25, 0.3) is 5.91 Å². The Bertz CT molecular complexity index is 1100. The Kier molecular flexibility index (Phi) is 5.89. The zero-order chi connectivity index (χ0) is 22.0. The number of amides is 1. The highest BCUT2D eigenvalue weighted by Crippen LogP contribution is 2.27. The number of benzene rings is 2. The summed E-state index contributed by atoms with van der Waals surface area (Å²) in [6, 6.07) is 15.9. The van der Waals surface area contributed by atoms with Gasteiger partial charge in [0.1, 0.15) is 5.75 Å².